The van der Waals surface area contributed by atoms with Crippen LogP contribution >= 0.6 is 0 Å². The molecular weight excluding hydrogens is 789 g/mol. The van der Waals surface area contributed by atoms with Crippen molar-refractivity contribution in [1.29, 1.82) is 0 Å². The molecule has 0 radical (unpaired) electrons. The van der Waals surface area contributed by atoms with Crippen LogP contribution in [0.15, 0.2) is 72.9 Å². The first kappa shape index (κ1) is 59.6. The zero-order valence-corrected chi connectivity index (χ0v) is 40.9. The van der Waals surface area contributed by atoms with Crippen molar-refractivity contribution in [2.75, 3.05) is 53.6 Å². The second kappa shape index (κ2) is 49.6. The summed E-state index contributed by atoms with van der Waals surface area (Å²) in [5, 5.41) is 2.81. The van der Waals surface area contributed by atoms with Crippen LogP contribution in [0.4, 0.5) is 4.79 Å². The highest BCUT2D eigenvalue weighted by atomic mass is 16.6. The normalized spacial score (nSPS) is 12.2. The van der Waals surface area contributed by atoms with Gasteiger partial charge in [-0.15, -0.1) is 0 Å². The number of unbranched alkanes of at least 4 members (excludes halogenated alkanes) is 14. The number of rotatable bonds is 45. The Labute approximate surface area is 386 Å². The number of carbonyl (C=O) groups is 3. The van der Waals surface area contributed by atoms with Crippen LogP contribution < -0.4 is 5.32 Å². The SMILES string of the molecule is CCCCC/C=C\C/C=C\C/C=C\CCCCC(=O)OCCCCCC(CCCCCOC(=O)CCCC/C=C\C/C=C\C/C=C\CCCCC)OC(=O)NCCOCCN(C)C. The van der Waals surface area contributed by atoms with E-state index in [-0.39, 0.29) is 18.0 Å². The van der Waals surface area contributed by atoms with Crippen molar-refractivity contribution in [3.63, 3.8) is 0 Å². The monoisotopic (exact) mass is 883 g/mol. The number of hydrogen-bond acceptors (Lipinski definition) is 8. The fraction of sp³-hybridized carbons (Fsp3) is 0.722. The maximum Gasteiger partial charge on any atom is 0.407 e. The van der Waals surface area contributed by atoms with Gasteiger partial charge in [0.25, 0.3) is 0 Å². The molecule has 0 aromatic heterocycles. The molecule has 0 aliphatic rings. The van der Waals surface area contributed by atoms with E-state index in [1.165, 1.54) is 51.4 Å². The highest BCUT2D eigenvalue weighted by molar-refractivity contribution is 5.69. The quantitative estimate of drug-likeness (QED) is 0.0279. The van der Waals surface area contributed by atoms with E-state index in [0.717, 1.165) is 122 Å². The first-order chi connectivity index (χ1) is 30.9. The van der Waals surface area contributed by atoms with E-state index in [9.17, 15) is 14.4 Å². The molecule has 0 aliphatic carbocycles. The predicted molar refractivity (Wildman–Crippen MR) is 265 cm³/mol. The van der Waals surface area contributed by atoms with Crippen LogP contribution in [0.3, 0.4) is 0 Å². The third-order valence-corrected chi connectivity index (χ3v) is 10.4. The molecule has 0 saturated carbocycles. The van der Waals surface area contributed by atoms with Crippen molar-refractivity contribution < 1.29 is 33.3 Å². The van der Waals surface area contributed by atoms with Gasteiger partial charge in [0.15, 0.2) is 0 Å². The summed E-state index contributed by atoms with van der Waals surface area (Å²) in [6.07, 6.45) is 53.3. The molecule has 9 nitrogen and oxygen atoms in total. The van der Waals surface area contributed by atoms with Gasteiger partial charge in [-0.1, -0.05) is 112 Å². The average molecular weight is 883 g/mol. The number of likely N-dealkylation sites (N-methyl/N-ethyl adjacent to an activating group) is 1. The van der Waals surface area contributed by atoms with Gasteiger partial charge in [0.2, 0.25) is 0 Å². The van der Waals surface area contributed by atoms with E-state index < -0.39 is 6.09 Å². The number of alkyl carbamates (subject to hydrolysis) is 1. The Hall–Kier alpha value is -3.43. The number of nitrogens with zero attached hydrogens (tertiary/aromatic N) is 1. The topological polar surface area (TPSA) is 103 Å². The molecule has 0 saturated heterocycles. The highest BCUT2D eigenvalue weighted by Gasteiger charge is 2.14. The number of nitrogens with one attached hydrogen (secondary N) is 1. The molecule has 0 aromatic rings. The summed E-state index contributed by atoms with van der Waals surface area (Å²) in [6, 6.07) is 0. The summed E-state index contributed by atoms with van der Waals surface area (Å²) in [5.41, 5.74) is 0. The standard InChI is InChI=1S/C54H94N2O7/c1-5-7-9-11-13-15-17-19-21-23-25-27-29-31-37-43-52(57)61-47-39-33-35-41-51(63-54(59)55-45-49-60-50-46-56(3)4)42-36-34-40-48-62-53(58)44-38-32-30-28-26-24-22-20-18-16-14-12-10-8-6-2/h13-16,19-22,25-28,51H,5-12,17-18,23-24,29-50H2,1-4H3,(H,55,59)/b15-13-,16-14-,21-19-,22-20-,27-25-,28-26-. The largest absolute Gasteiger partial charge is 0.466 e. The Kier molecular flexibility index (Phi) is 46.9. The highest BCUT2D eigenvalue weighted by Crippen LogP contribution is 2.16. The number of carbonyl (C=O) groups excluding carboxylic acids is 3. The maximum absolute atomic E-state index is 12.6. The van der Waals surface area contributed by atoms with Crippen molar-refractivity contribution in [2.45, 2.75) is 200 Å². The van der Waals surface area contributed by atoms with Crippen LogP contribution in [0.2, 0.25) is 0 Å². The van der Waals surface area contributed by atoms with Gasteiger partial charge in [-0.25, -0.2) is 4.79 Å². The summed E-state index contributed by atoms with van der Waals surface area (Å²) in [5.74, 6) is -0.254. The number of amides is 1. The zero-order chi connectivity index (χ0) is 45.9. The van der Waals surface area contributed by atoms with Crippen LogP contribution in [0.1, 0.15) is 194 Å². The molecule has 1 amide bonds. The Morgan fingerprint density at radius 2 is 0.889 bits per heavy atom. The molecule has 0 rings (SSSR count). The minimum Gasteiger partial charge on any atom is -0.466 e. The lowest BCUT2D eigenvalue weighted by Crippen LogP contribution is -2.32. The van der Waals surface area contributed by atoms with Crippen molar-refractivity contribution in [3.05, 3.63) is 72.9 Å². The minimum absolute atomic E-state index is 0.127. The third-order valence-electron chi connectivity index (χ3n) is 10.4. The van der Waals surface area contributed by atoms with Gasteiger partial charge in [0.05, 0.1) is 26.4 Å². The van der Waals surface area contributed by atoms with Gasteiger partial charge in [0, 0.05) is 25.9 Å². The fourth-order valence-corrected chi connectivity index (χ4v) is 6.49. The summed E-state index contributed by atoms with van der Waals surface area (Å²) in [4.78, 5) is 39.1. The van der Waals surface area contributed by atoms with Gasteiger partial charge >= 0.3 is 18.0 Å². The predicted octanol–water partition coefficient (Wildman–Crippen LogP) is 14.0. The summed E-state index contributed by atoms with van der Waals surface area (Å²) >= 11 is 0. The van der Waals surface area contributed by atoms with Crippen LogP contribution in [0.5, 0.6) is 0 Å². The molecule has 0 aliphatic heterocycles. The molecule has 0 atom stereocenters. The lowest BCUT2D eigenvalue weighted by Gasteiger charge is -2.18. The number of ether oxygens (including phenoxy) is 4. The van der Waals surface area contributed by atoms with E-state index in [2.05, 4.69) is 97.0 Å². The van der Waals surface area contributed by atoms with Gasteiger partial charge in [-0.3, -0.25) is 9.59 Å². The van der Waals surface area contributed by atoms with E-state index >= 15 is 0 Å². The molecule has 0 aromatic carbocycles. The Bertz CT molecular complexity index is 1150. The molecular formula is C54H94N2O7. The molecule has 0 unspecified atom stereocenters. The molecule has 362 valence electrons. The van der Waals surface area contributed by atoms with E-state index in [1.54, 1.807) is 0 Å². The number of allylic oxidation sites excluding steroid dienone is 12. The minimum atomic E-state index is -0.424. The van der Waals surface area contributed by atoms with Crippen LogP contribution in [-0.2, 0) is 28.5 Å². The van der Waals surface area contributed by atoms with Crippen LogP contribution in [0.25, 0.3) is 0 Å². The fourth-order valence-electron chi connectivity index (χ4n) is 6.49. The zero-order valence-electron chi connectivity index (χ0n) is 40.9. The molecule has 0 fully saturated rings. The second-order valence-electron chi connectivity index (χ2n) is 16.8. The van der Waals surface area contributed by atoms with Gasteiger partial charge < -0.3 is 29.2 Å². The third kappa shape index (κ3) is 49.4. The maximum atomic E-state index is 12.6. The smallest absolute Gasteiger partial charge is 0.407 e. The van der Waals surface area contributed by atoms with Crippen molar-refractivity contribution >= 4 is 18.0 Å². The molecule has 0 heterocycles. The van der Waals surface area contributed by atoms with Crippen molar-refractivity contribution in [3.8, 4) is 0 Å². The van der Waals surface area contributed by atoms with Crippen molar-refractivity contribution in [1.82, 2.24) is 10.2 Å². The Morgan fingerprint density at radius 1 is 0.476 bits per heavy atom. The molecule has 1 N–H and O–H groups in total. The van der Waals surface area contributed by atoms with Crippen LogP contribution in [0, 0.1) is 0 Å². The van der Waals surface area contributed by atoms with E-state index in [0.29, 0.717) is 45.8 Å². The second-order valence-corrected chi connectivity index (χ2v) is 16.8. The van der Waals surface area contributed by atoms with E-state index in [1.807, 2.05) is 14.1 Å². The van der Waals surface area contributed by atoms with E-state index in [4.69, 9.17) is 18.9 Å². The molecule has 63 heavy (non-hydrogen) atoms. The first-order valence-electron chi connectivity index (χ1n) is 25.3. The Balaban J connectivity index is 4.23. The summed E-state index contributed by atoms with van der Waals surface area (Å²) in [6.45, 7) is 7.58. The van der Waals surface area contributed by atoms with Gasteiger partial charge in [-0.2, -0.15) is 0 Å². The number of hydrogen-bond donors (Lipinski definition) is 1. The summed E-state index contributed by atoms with van der Waals surface area (Å²) in [7, 11) is 3.99. The lowest BCUT2D eigenvalue weighted by molar-refractivity contribution is -0.144. The lowest BCUT2D eigenvalue weighted by atomic mass is 10.0. The van der Waals surface area contributed by atoms with Gasteiger partial charge in [-0.05, 0) is 155 Å². The van der Waals surface area contributed by atoms with Crippen LogP contribution in [-0.4, -0.2) is 82.6 Å². The number of esters is 2. The first-order valence-corrected chi connectivity index (χ1v) is 25.3. The molecule has 9 heteroatoms. The van der Waals surface area contributed by atoms with Crippen molar-refractivity contribution in [2.24, 2.45) is 0 Å². The van der Waals surface area contributed by atoms with Gasteiger partial charge in [0.1, 0.15) is 6.10 Å². The molecule has 0 spiro atoms. The Morgan fingerprint density at radius 3 is 1.30 bits per heavy atom. The summed E-state index contributed by atoms with van der Waals surface area (Å²) < 4.78 is 22.4. The average Bonchev–Trinajstić information content (AvgIpc) is 3.26. The molecule has 0 bridgehead atoms.